The van der Waals surface area contributed by atoms with Gasteiger partial charge in [-0.1, -0.05) is 115 Å². The topological polar surface area (TPSA) is 84.2 Å². The molecule has 188 valence electrons. The summed E-state index contributed by atoms with van der Waals surface area (Å²) in [5, 5.41) is 27.0. The molecule has 0 bridgehead atoms. The van der Waals surface area contributed by atoms with Crippen molar-refractivity contribution in [3.8, 4) is 0 Å². The zero-order valence-electron chi connectivity index (χ0n) is 20.6. The number of para-hydroxylation sites is 1. The maximum absolute atomic E-state index is 11.2. The lowest BCUT2D eigenvalue weighted by atomic mass is 10.0. The van der Waals surface area contributed by atoms with Crippen molar-refractivity contribution in [3.63, 3.8) is 0 Å². The molecule has 1 rings (SSSR count). The molecule has 0 aliphatic heterocycles. The van der Waals surface area contributed by atoms with Crippen molar-refractivity contribution in [1.82, 2.24) is 10.7 Å². The summed E-state index contributed by atoms with van der Waals surface area (Å²) in [6.45, 7) is 3.10. The van der Waals surface area contributed by atoms with E-state index in [1.165, 1.54) is 103 Å². The Labute approximate surface area is 206 Å². The van der Waals surface area contributed by atoms with Crippen LogP contribution in [0.5, 0.6) is 0 Å². The van der Waals surface area contributed by atoms with Gasteiger partial charge in [0.05, 0.1) is 11.8 Å². The predicted octanol–water partition coefficient (Wildman–Crippen LogP) is 6.15. The van der Waals surface area contributed by atoms with Gasteiger partial charge in [0.1, 0.15) is 0 Å². The molecule has 1 atom stereocenters. The highest BCUT2D eigenvalue weighted by Gasteiger charge is 2.05. The first kappa shape index (κ1) is 29.5. The van der Waals surface area contributed by atoms with Crippen LogP contribution in [0.2, 0.25) is 0 Å². The molecule has 0 aliphatic rings. The van der Waals surface area contributed by atoms with Gasteiger partial charge in [-0.25, -0.2) is 5.21 Å². The second-order valence-corrected chi connectivity index (χ2v) is 9.23. The molecule has 0 heterocycles. The van der Waals surface area contributed by atoms with Crippen LogP contribution in [0.25, 0.3) is 0 Å². The number of nitrogens with zero attached hydrogens (tertiary/aromatic N) is 1. The molecule has 1 aromatic carbocycles. The minimum atomic E-state index is -0.971. The first-order chi connectivity index (χ1) is 16.1. The van der Waals surface area contributed by atoms with Gasteiger partial charge in [-0.3, -0.25) is 5.43 Å². The summed E-state index contributed by atoms with van der Waals surface area (Å²) < 4.78 is 0. The van der Waals surface area contributed by atoms with Crippen LogP contribution in [0.4, 0.5) is 5.69 Å². The van der Waals surface area contributed by atoms with Gasteiger partial charge >= 0.3 is 0 Å². The second kappa shape index (κ2) is 21.0. The van der Waals surface area contributed by atoms with E-state index in [0.29, 0.717) is 10.7 Å². The number of hydrazone groups is 1. The summed E-state index contributed by atoms with van der Waals surface area (Å²) in [7, 11) is 0. The van der Waals surface area contributed by atoms with Gasteiger partial charge in [0.25, 0.3) is 0 Å². The number of hydrogen-bond acceptors (Lipinski definition) is 4. The number of nitrogens with one attached hydrogen (secondary N) is 3. The van der Waals surface area contributed by atoms with Crippen LogP contribution in [-0.2, 0) is 0 Å². The summed E-state index contributed by atoms with van der Waals surface area (Å²) in [4.78, 5) is 0. The molecule has 0 fully saturated rings. The summed E-state index contributed by atoms with van der Waals surface area (Å²) in [5.74, 6) is 0. The van der Waals surface area contributed by atoms with Crippen molar-refractivity contribution in [2.24, 2.45) is 5.10 Å². The monoisotopic (exact) mass is 478 g/mol. The Morgan fingerprint density at radius 3 is 1.88 bits per heavy atom. The molecule has 0 amide bonds. The zero-order chi connectivity index (χ0) is 24.0. The number of quaternary nitrogens is 1. The molecular formula is C26H46N4O2S. The smallest absolute Gasteiger partial charge is 0.186 e. The van der Waals surface area contributed by atoms with Crippen molar-refractivity contribution in [2.45, 2.75) is 110 Å². The minimum absolute atomic E-state index is 0.218. The van der Waals surface area contributed by atoms with Gasteiger partial charge in [0, 0.05) is 12.6 Å². The molecule has 7 heteroatoms. The number of unbranched alkanes of at least 4 members (excludes halogenated alkanes) is 15. The highest BCUT2D eigenvalue weighted by Crippen LogP contribution is 2.13. The normalized spacial score (nSPS) is 12.2. The van der Waals surface area contributed by atoms with E-state index < -0.39 is 5.23 Å². The van der Waals surface area contributed by atoms with E-state index in [2.05, 4.69) is 22.8 Å². The SMILES string of the molecule is CCCCCCCCCCCCCCCCCCNC(=S)NN=Cc1ccccc1[NH+]([O-])O. The van der Waals surface area contributed by atoms with Crippen molar-refractivity contribution in [1.29, 1.82) is 0 Å². The lowest BCUT2D eigenvalue weighted by molar-refractivity contribution is -0.991. The molecule has 0 aromatic heterocycles. The largest absolute Gasteiger partial charge is 0.595 e. The van der Waals surface area contributed by atoms with Gasteiger partial charge in [-0.15, -0.1) is 0 Å². The van der Waals surface area contributed by atoms with Crippen LogP contribution < -0.4 is 16.0 Å². The first-order valence-electron chi connectivity index (χ1n) is 13.0. The van der Waals surface area contributed by atoms with E-state index in [9.17, 15) is 5.21 Å². The van der Waals surface area contributed by atoms with E-state index >= 15 is 0 Å². The fourth-order valence-electron chi connectivity index (χ4n) is 3.88. The highest BCUT2D eigenvalue weighted by atomic mass is 32.1. The van der Waals surface area contributed by atoms with E-state index in [1.54, 1.807) is 24.3 Å². The predicted molar refractivity (Wildman–Crippen MR) is 143 cm³/mol. The Hall–Kier alpha value is -1.54. The van der Waals surface area contributed by atoms with Gasteiger partial charge in [0.2, 0.25) is 0 Å². The van der Waals surface area contributed by atoms with E-state index in [4.69, 9.17) is 17.4 Å². The molecule has 0 aliphatic carbocycles. The van der Waals surface area contributed by atoms with Gasteiger partial charge in [-0.05, 0) is 24.7 Å². The zero-order valence-corrected chi connectivity index (χ0v) is 21.4. The van der Waals surface area contributed by atoms with Crippen molar-refractivity contribution in [2.75, 3.05) is 6.54 Å². The van der Waals surface area contributed by atoms with Gasteiger partial charge in [-0.2, -0.15) is 10.3 Å². The van der Waals surface area contributed by atoms with Crippen LogP contribution in [0, 0.1) is 5.21 Å². The third kappa shape index (κ3) is 16.7. The highest BCUT2D eigenvalue weighted by molar-refractivity contribution is 7.80. The Morgan fingerprint density at radius 1 is 0.879 bits per heavy atom. The lowest BCUT2D eigenvalue weighted by Crippen LogP contribution is -2.99. The van der Waals surface area contributed by atoms with E-state index in [0.717, 1.165) is 13.0 Å². The molecular weight excluding hydrogens is 432 g/mol. The molecule has 1 unspecified atom stereocenters. The summed E-state index contributed by atoms with van der Waals surface area (Å²) >= 11 is 5.21. The standard InChI is InChI=1S/C26H46N4O2S/c1-2-3-4-5-6-7-8-9-10-11-12-13-14-15-16-19-22-27-26(33)29-28-23-24-20-17-18-21-25(24)30(31)32/h17-18,20-21,23,30-31H,2-16,19,22H2,1H3,(H2,27,29,33). The molecule has 1 aromatic rings. The summed E-state index contributed by atoms with van der Waals surface area (Å²) in [6.07, 6.45) is 23.3. The molecule has 33 heavy (non-hydrogen) atoms. The van der Waals surface area contributed by atoms with Crippen LogP contribution in [0.15, 0.2) is 29.4 Å². The quantitative estimate of drug-likeness (QED) is 0.0782. The molecule has 6 nitrogen and oxygen atoms in total. The minimum Gasteiger partial charge on any atom is -0.595 e. The Morgan fingerprint density at radius 2 is 1.36 bits per heavy atom. The Kier molecular flexibility index (Phi) is 18.8. The van der Waals surface area contributed by atoms with E-state index in [1.807, 2.05) is 0 Å². The molecule has 0 saturated heterocycles. The average molecular weight is 479 g/mol. The Balaban J connectivity index is 1.89. The average Bonchev–Trinajstić information content (AvgIpc) is 2.81. The third-order valence-corrected chi connectivity index (χ3v) is 6.11. The molecule has 4 N–H and O–H groups in total. The summed E-state index contributed by atoms with van der Waals surface area (Å²) in [6, 6.07) is 6.74. The first-order valence-corrected chi connectivity index (χ1v) is 13.4. The van der Waals surface area contributed by atoms with Crippen LogP contribution in [-0.4, -0.2) is 23.1 Å². The lowest BCUT2D eigenvalue weighted by Gasteiger charge is -2.13. The van der Waals surface area contributed by atoms with Gasteiger partial charge < -0.3 is 10.5 Å². The van der Waals surface area contributed by atoms with Crippen molar-refractivity contribution in [3.05, 3.63) is 35.0 Å². The van der Waals surface area contributed by atoms with Crippen LogP contribution in [0.3, 0.4) is 0 Å². The Bertz CT molecular complexity index is 640. The van der Waals surface area contributed by atoms with Crippen LogP contribution >= 0.6 is 12.2 Å². The maximum atomic E-state index is 11.2. The maximum Gasteiger partial charge on any atom is 0.186 e. The molecule has 0 spiro atoms. The fourth-order valence-corrected chi connectivity index (χ4v) is 4.03. The van der Waals surface area contributed by atoms with Crippen LogP contribution in [0.1, 0.15) is 115 Å². The number of benzene rings is 1. The molecule has 0 radical (unpaired) electrons. The van der Waals surface area contributed by atoms with Crippen molar-refractivity contribution < 1.29 is 10.4 Å². The summed E-state index contributed by atoms with van der Waals surface area (Å²) in [5.41, 5.74) is 3.51. The van der Waals surface area contributed by atoms with E-state index in [-0.39, 0.29) is 5.69 Å². The number of thiocarbonyl (C=S) groups is 1. The van der Waals surface area contributed by atoms with Crippen molar-refractivity contribution >= 4 is 29.2 Å². The fraction of sp³-hybridized carbons (Fsp3) is 0.692. The number of rotatable bonds is 20. The number of hydrogen-bond donors (Lipinski definition) is 4. The second-order valence-electron chi connectivity index (χ2n) is 8.82. The van der Waals surface area contributed by atoms with Gasteiger partial charge in [0.15, 0.2) is 10.8 Å². The third-order valence-electron chi connectivity index (χ3n) is 5.88. The molecule has 0 saturated carbocycles.